The second-order valence-electron chi connectivity index (χ2n) is 5.49. The van der Waals surface area contributed by atoms with E-state index < -0.39 is 0 Å². The molecule has 3 rings (SSSR count). The summed E-state index contributed by atoms with van der Waals surface area (Å²) in [5, 5.41) is 2.64. The van der Waals surface area contributed by atoms with E-state index in [1.54, 1.807) is 42.5 Å². The van der Waals surface area contributed by atoms with E-state index in [1.807, 2.05) is 6.07 Å². The van der Waals surface area contributed by atoms with Gasteiger partial charge in [0, 0.05) is 18.2 Å². The van der Waals surface area contributed by atoms with Gasteiger partial charge in [-0.25, -0.2) is 9.88 Å². The molecule has 1 N–H and O–H groups in total. The van der Waals surface area contributed by atoms with E-state index in [-0.39, 0.29) is 24.1 Å². The molecule has 0 saturated carbocycles. The minimum Gasteiger partial charge on any atom is -0.326 e. The van der Waals surface area contributed by atoms with Crippen molar-refractivity contribution in [2.45, 2.75) is 13.3 Å². The fourth-order valence-corrected chi connectivity index (χ4v) is 2.89. The Morgan fingerprint density at radius 3 is 2.56 bits per heavy atom. The molecule has 6 nitrogen and oxygen atoms in total. The van der Waals surface area contributed by atoms with Crippen LogP contribution in [0.2, 0.25) is 0 Å². The number of rotatable bonds is 3. The molecule has 7 heteroatoms. The van der Waals surface area contributed by atoms with Crippen molar-refractivity contribution in [3.05, 3.63) is 58.3 Å². The number of anilines is 2. The summed E-state index contributed by atoms with van der Waals surface area (Å²) in [4.78, 5) is 41.3. The van der Waals surface area contributed by atoms with Crippen LogP contribution in [0.25, 0.3) is 6.08 Å². The molecule has 126 valence electrons. The highest BCUT2D eigenvalue weighted by Crippen LogP contribution is 2.28. The SMILES string of the molecule is CC(=O)Nc1ccc(N2C(=O)CC(=Cc3cccc(Br)n3)C2=O)cc1. The smallest absolute Gasteiger partial charge is 0.261 e. The normalized spacial score (nSPS) is 15.8. The minimum absolute atomic E-state index is 0.0282. The lowest BCUT2D eigenvalue weighted by molar-refractivity contribution is -0.120. The molecule has 0 unspecified atom stereocenters. The van der Waals surface area contributed by atoms with Crippen molar-refractivity contribution in [3.8, 4) is 0 Å². The number of nitrogens with one attached hydrogen (secondary N) is 1. The molecule has 2 heterocycles. The Bertz CT molecular complexity index is 891. The van der Waals surface area contributed by atoms with Gasteiger partial charge in [-0.3, -0.25) is 14.4 Å². The van der Waals surface area contributed by atoms with Crippen LogP contribution in [-0.2, 0) is 14.4 Å². The van der Waals surface area contributed by atoms with Crippen LogP contribution in [0.3, 0.4) is 0 Å². The van der Waals surface area contributed by atoms with E-state index in [4.69, 9.17) is 0 Å². The number of aromatic nitrogens is 1. The molecule has 25 heavy (non-hydrogen) atoms. The van der Waals surface area contributed by atoms with Gasteiger partial charge in [-0.2, -0.15) is 0 Å². The van der Waals surface area contributed by atoms with Crippen LogP contribution in [0.15, 0.2) is 52.6 Å². The van der Waals surface area contributed by atoms with E-state index in [0.29, 0.717) is 27.2 Å². The van der Waals surface area contributed by atoms with Crippen LogP contribution in [-0.4, -0.2) is 22.7 Å². The Labute approximate surface area is 152 Å². The molecule has 1 aromatic carbocycles. The maximum atomic E-state index is 12.6. The van der Waals surface area contributed by atoms with Crippen LogP contribution in [0.4, 0.5) is 11.4 Å². The molecule has 1 saturated heterocycles. The van der Waals surface area contributed by atoms with Gasteiger partial charge in [0.2, 0.25) is 11.8 Å². The number of amides is 3. The summed E-state index contributed by atoms with van der Waals surface area (Å²) in [6, 6.07) is 11.9. The molecule has 0 bridgehead atoms. The van der Waals surface area contributed by atoms with Crippen LogP contribution in [0, 0.1) is 0 Å². The highest BCUT2D eigenvalue weighted by atomic mass is 79.9. The average Bonchev–Trinajstić information content (AvgIpc) is 2.82. The van der Waals surface area contributed by atoms with Gasteiger partial charge in [0.1, 0.15) is 4.60 Å². The Hall–Kier alpha value is -2.80. The second-order valence-corrected chi connectivity index (χ2v) is 6.31. The number of carbonyl (C=O) groups is 3. The molecular weight excluding hydrogens is 386 g/mol. The van der Waals surface area contributed by atoms with Crippen molar-refractivity contribution >= 4 is 51.1 Å². The lowest BCUT2D eigenvalue weighted by Gasteiger charge is -2.14. The Morgan fingerprint density at radius 1 is 1.20 bits per heavy atom. The predicted octanol–water partition coefficient (Wildman–Crippen LogP) is 3.15. The third-order valence-corrected chi connectivity index (χ3v) is 4.02. The first kappa shape index (κ1) is 17.0. The number of imide groups is 1. The van der Waals surface area contributed by atoms with Crippen LogP contribution in [0.1, 0.15) is 19.0 Å². The van der Waals surface area contributed by atoms with Gasteiger partial charge < -0.3 is 5.32 Å². The number of benzene rings is 1. The van der Waals surface area contributed by atoms with Gasteiger partial charge in [0.15, 0.2) is 0 Å². The van der Waals surface area contributed by atoms with Crippen molar-refractivity contribution in [2.75, 3.05) is 10.2 Å². The fourth-order valence-electron chi connectivity index (χ4n) is 2.53. The first-order valence-electron chi connectivity index (χ1n) is 7.52. The van der Waals surface area contributed by atoms with Crippen molar-refractivity contribution < 1.29 is 14.4 Å². The van der Waals surface area contributed by atoms with Gasteiger partial charge in [-0.1, -0.05) is 6.07 Å². The van der Waals surface area contributed by atoms with Gasteiger partial charge in [-0.05, 0) is 58.4 Å². The van der Waals surface area contributed by atoms with E-state index >= 15 is 0 Å². The molecule has 1 fully saturated rings. The zero-order valence-electron chi connectivity index (χ0n) is 13.3. The molecular formula is C18H14BrN3O3. The summed E-state index contributed by atoms with van der Waals surface area (Å²) < 4.78 is 0.657. The number of hydrogen-bond acceptors (Lipinski definition) is 4. The molecule has 0 atom stereocenters. The number of hydrogen-bond donors (Lipinski definition) is 1. The first-order chi connectivity index (χ1) is 11.9. The lowest BCUT2D eigenvalue weighted by atomic mass is 10.2. The van der Waals surface area contributed by atoms with Crippen LogP contribution in [0.5, 0.6) is 0 Å². The maximum Gasteiger partial charge on any atom is 0.261 e. The van der Waals surface area contributed by atoms with Crippen LogP contribution < -0.4 is 10.2 Å². The molecule has 2 aromatic rings. The van der Waals surface area contributed by atoms with Gasteiger partial charge in [0.05, 0.1) is 17.8 Å². The quantitative estimate of drug-likeness (QED) is 0.488. The number of carbonyl (C=O) groups excluding carboxylic acids is 3. The number of halogens is 1. The van der Waals surface area contributed by atoms with E-state index in [2.05, 4.69) is 26.2 Å². The first-order valence-corrected chi connectivity index (χ1v) is 8.31. The summed E-state index contributed by atoms with van der Waals surface area (Å²) in [6.45, 7) is 1.41. The molecule has 1 aliphatic heterocycles. The molecule has 1 aromatic heterocycles. The monoisotopic (exact) mass is 399 g/mol. The van der Waals surface area contributed by atoms with E-state index in [0.717, 1.165) is 4.90 Å². The van der Waals surface area contributed by atoms with Crippen molar-refractivity contribution in [1.82, 2.24) is 4.98 Å². The summed E-state index contributed by atoms with van der Waals surface area (Å²) in [5.41, 5.74) is 2.06. The van der Waals surface area contributed by atoms with Gasteiger partial charge in [0.25, 0.3) is 5.91 Å². The molecule has 1 aliphatic rings. The number of nitrogens with zero attached hydrogens (tertiary/aromatic N) is 2. The van der Waals surface area contributed by atoms with Crippen molar-refractivity contribution in [3.63, 3.8) is 0 Å². The molecule has 0 spiro atoms. The second kappa shape index (κ2) is 6.98. The summed E-state index contributed by atoms with van der Waals surface area (Å²) >= 11 is 3.28. The Balaban J connectivity index is 1.85. The van der Waals surface area contributed by atoms with Crippen molar-refractivity contribution in [2.24, 2.45) is 0 Å². The summed E-state index contributed by atoms with van der Waals surface area (Å²) in [6.07, 6.45) is 1.65. The Kier molecular flexibility index (Phi) is 4.76. The highest BCUT2D eigenvalue weighted by molar-refractivity contribution is 9.10. The number of pyridine rings is 1. The third kappa shape index (κ3) is 3.83. The summed E-state index contributed by atoms with van der Waals surface area (Å²) in [5.74, 6) is -0.842. The zero-order chi connectivity index (χ0) is 18.0. The van der Waals surface area contributed by atoms with E-state index in [9.17, 15) is 14.4 Å². The average molecular weight is 400 g/mol. The zero-order valence-corrected chi connectivity index (χ0v) is 14.9. The maximum absolute atomic E-state index is 12.6. The minimum atomic E-state index is -0.362. The predicted molar refractivity (Wildman–Crippen MR) is 97.8 cm³/mol. The highest BCUT2D eigenvalue weighted by Gasteiger charge is 2.35. The van der Waals surface area contributed by atoms with Crippen molar-refractivity contribution in [1.29, 1.82) is 0 Å². The fraction of sp³-hybridized carbons (Fsp3) is 0.111. The molecule has 0 aliphatic carbocycles. The topological polar surface area (TPSA) is 79.4 Å². The van der Waals surface area contributed by atoms with Gasteiger partial charge >= 0.3 is 0 Å². The lowest BCUT2D eigenvalue weighted by Crippen LogP contribution is -2.28. The third-order valence-electron chi connectivity index (χ3n) is 3.57. The summed E-state index contributed by atoms with van der Waals surface area (Å²) in [7, 11) is 0. The largest absolute Gasteiger partial charge is 0.326 e. The van der Waals surface area contributed by atoms with Crippen LogP contribution >= 0.6 is 15.9 Å². The Morgan fingerprint density at radius 2 is 1.92 bits per heavy atom. The van der Waals surface area contributed by atoms with Gasteiger partial charge in [-0.15, -0.1) is 0 Å². The molecule has 3 amide bonds. The van der Waals surface area contributed by atoms with E-state index in [1.165, 1.54) is 6.92 Å². The molecule has 0 radical (unpaired) electrons. The standard InChI is InChI=1S/C18H14BrN3O3/c1-11(23)20-13-5-7-15(8-6-13)22-17(24)10-12(18(22)25)9-14-3-2-4-16(19)21-14/h2-9H,10H2,1H3,(H,20,23).